The van der Waals surface area contributed by atoms with Crippen molar-refractivity contribution in [3.8, 4) is 11.5 Å². The highest BCUT2D eigenvalue weighted by atomic mass is 35.5. The molecule has 2 aliphatic rings. The maximum Gasteiger partial charge on any atom is 0.300 e. The van der Waals surface area contributed by atoms with Crippen molar-refractivity contribution in [2.75, 3.05) is 11.7 Å². The van der Waals surface area contributed by atoms with Crippen LogP contribution in [0.4, 0.5) is 5.69 Å². The summed E-state index contributed by atoms with van der Waals surface area (Å²) in [6.45, 7) is 0.0860. The molecule has 7 heteroatoms. The topological polar surface area (TPSA) is 76.1 Å². The van der Waals surface area contributed by atoms with E-state index in [0.29, 0.717) is 33.3 Å². The number of rotatable bonds is 3. The van der Waals surface area contributed by atoms with E-state index in [0.717, 1.165) is 0 Å². The molecule has 1 unspecified atom stereocenters. The minimum Gasteiger partial charge on any atom is -0.507 e. The molecule has 0 radical (unpaired) electrons. The highest BCUT2D eigenvalue weighted by molar-refractivity contribution is 6.51. The summed E-state index contributed by atoms with van der Waals surface area (Å²) >= 11 is 6.04. The van der Waals surface area contributed by atoms with Crippen LogP contribution in [0.5, 0.6) is 11.5 Å². The van der Waals surface area contributed by atoms with Crippen molar-refractivity contribution in [3.63, 3.8) is 0 Å². The molecule has 1 N–H and O–H groups in total. The van der Waals surface area contributed by atoms with Gasteiger partial charge in [0.25, 0.3) is 11.7 Å². The molecule has 154 valence electrons. The lowest BCUT2D eigenvalue weighted by Gasteiger charge is -2.25. The Morgan fingerprint density at radius 3 is 2.39 bits per heavy atom. The fourth-order valence-electron chi connectivity index (χ4n) is 3.85. The number of carbonyl (C=O) groups is 2. The van der Waals surface area contributed by atoms with Gasteiger partial charge >= 0.3 is 0 Å². The van der Waals surface area contributed by atoms with Crippen LogP contribution in [0.3, 0.4) is 0 Å². The number of ketones is 1. The number of para-hydroxylation sites is 1. The van der Waals surface area contributed by atoms with Gasteiger partial charge in [-0.15, -0.1) is 0 Å². The number of fused-ring (bicyclic) bond motifs is 1. The normalized spacial score (nSPS) is 19.1. The maximum atomic E-state index is 13.1. The summed E-state index contributed by atoms with van der Waals surface area (Å²) in [7, 11) is 0. The van der Waals surface area contributed by atoms with Crippen LogP contribution in [-0.4, -0.2) is 23.6 Å². The average molecular weight is 434 g/mol. The predicted molar refractivity (Wildman–Crippen MR) is 115 cm³/mol. The zero-order valence-electron chi connectivity index (χ0n) is 16.1. The van der Waals surface area contributed by atoms with Crippen molar-refractivity contribution in [2.24, 2.45) is 0 Å². The average Bonchev–Trinajstić information content (AvgIpc) is 3.36. The van der Waals surface area contributed by atoms with Gasteiger partial charge < -0.3 is 14.6 Å². The monoisotopic (exact) mass is 433 g/mol. The first kappa shape index (κ1) is 19.2. The number of aliphatic hydroxyl groups is 1. The van der Waals surface area contributed by atoms with Crippen LogP contribution in [0, 0.1) is 0 Å². The highest BCUT2D eigenvalue weighted by Gasteiger charge is 2.47. The number of carbonyl (C=O) groups excluding carboxylic acids is 2. The molecular weight excluding hydrogens is 418 g/mol. The molecule has 1 fully saturated rings. The summed E-state index contributed by atoms with van der Waals surface area (Å²) in [5, 5.41) is 11.7. The minimum atomic E-state index is -0.815. The number of hydrogen-bond donors (Lipinski definition) is 1. The first-order chi connectivity index (χ1) is 15.0. The van der Waals surface area contributed by atoms with Crippen LogP contribution in [0.25, 0.3) is 5.76 Å². The Bertz CT molecular complexity index is 1220. The second-order valence-electron chi connectivity index (χ2n) is 7.12. The molecule has 0 aromatic heterocycles. The fraction of sp³-hybridized carbons (Fsp3) is 0.0833. The number of amides is 1. The molecule has 0 saturated carbocycles. The zero-order valence-corrected chi connectivity index (χ0v) is 16.9. The van der Waals surface area contributed by atoms with E-state index in [1.165, 1.54) is 4.90 Å². The van der Waals surface area contributed by atoms with Crippen molar-refractivity contribution in [1.82, 2.24) is 0 Å². The molecule has 1 atom stereocenters. The lowest BCUT2D eigenvalue weighted by atomic mass is 9.95. The van der Waals surface area contributed by atoms with E-state index in [1.807, 2.05) is 6.07 Å². The van der Waals surface area contributed by atoms with Gasteiger partial charge in [0, 0.05) is 16.3 Å². The second-order valence-corrected chi connectivity index (χ2v) is 7.56. The summed E-state index contributed by atoms with van der Waals surface area (Å²) in [4.78, 5) is 27.5. The SMILES string of the molecule is O=C1C(=O)N(c2ccccc2)C(c2ccc(Cl)cc2)/C1=C(/O)c1ccc2c(c1)OCO2. The minimum absolute atomic E-state index is 0.00459. The first-order valence-corrected chi connectivity index (χ1v) is 9.94. The summed E-state index contributed by atoms with van der Waals surface area (Å²) < 4.78 is 10.7. The Morgan fingerprint density at radius 1 is 0.935 bits per heavy atom. The summed E-state index contributed by atoms with van der Waals surface area (Å²) in [6.07, 6.45) is 0. The van der Waals surface area contributed by atoms with Crippen molar-refractivity contribution in [3.05, 3.63) is 94.5 Å². The number of halogens is 1. The third-order valence-corrected chi connectivity index (χ3v) is 5.56. The smallest absolute Gasteiger partial charge is 0.300 e. The van der Waals surface area contributed by atoms with Crippen molar-refractivity contribution in [1.29, 1.82) is 0 Å². The largest absolute Gasteiger partial charge is 0.507 e. The number of ether oxygens (including phenoxy) is 2. The Kier molecular flexibility index (Phi) is 4.64. The summed E-state index contributed by atoms with van der Waals surface area (Å²) in [6, 6.07) is 19.8. The van der Waals surface area contributed by atoms with Crippen LogP contribution >= 0.6 is 11.6 Å². The lowest BCUT2D eigenvalue weighted by Crippen LogP contribution is -2.29. The maximum absolute atomic E-state index is 13.1. The molecule has 3 aromatic rings. The Hall–Kier alpha value is -3.77. The van der Waals surface area contributed by atoms with E-state index in [4.69, 9.17) is 21.1 Å². The number of Topliss-reactive ketones (excluding diaryl/α,β-unsaturated/α-hetero) is 1. The van der Waals surface area contributed by atoms with E-state index >= 15 is 0 Å². The molecular formula is C24H16ClNO5. The van der Waals surface area contributed by atoms with Gasteiger partial charge in [-0.2, -0.15) is 0 Å². The predicted octanol–water partition coefficient (Wildman–Crippen LogP) is 4.70. The molecule has 2 aliphatic heterocycles. The quantitative estimate of drug-likeness (QED) is 0.368. The summed E-state index contributed by atoms with van der Waals surface area (Å²) in [5.74, 6) is -0.748. The first-order valence-electron chi connectivity index (χ1n) is 9.56. The van der Waals surface area contributed by atoms with Gasteiger partial charge in [0.1, 0.15) is 5.76 Å². The Morgan fingerprint density at radius 2 is 1.65 bits per heavy atom. The number of aliphatic hydroxyl groups excluding tert-OH is 1. The Balaban J connectivity index is 1.70. The second kappa shape index (κ2) is 7.49. The van der Waals surface area contributed by atoms with E-state index < -0.39 is 17.7 Å². The van der Waals surface area contributed by atoms with Gasteiger partial charge in [-0.1, -0.05) is 41.9 Å². The molecule has 1 saturated heterocycles. The highest BCUT2D eigenvalue weighted by Crippen LogP contribution is 2.43. The van der Waals surface area contributed by atoms with Gasteiger partial charge in [-0.25, -0.2) is 0 Å². The number of anilines is 1. The molecule has 31 heavy (non-hydrogen) atoms. The number of hydrogen-bond acceptors (Lipinski definition) is 5. The molecule has 2 heterocycles. The van der Waals surface area contributed by atoms with E-state index in [2.05, 4.69) is 0 Å². The van der Waals surface area contributed by atoms with Gasteiger partial charge in [0.15, 0.2) is 11.5 Å². The van der Waals surface area contributed by atoms with E-state index in [-0.39, 0.29) is 18.1 Å². The zero-order chi connectivity index (χ0) is 21.5. The van der Waals surface area contributed by atoms with Crippen LogP contribution in [0.15, 0.2) is 78.4 Å². The molecule has 1 amide bonds. The molecule has 0 bridgehead atoms. The molecule has 6 nitrogen and oxygen atoms in total. The Labute approximate surface area is 182 Å². The van der Waals surface area contributed by atoms with Gasteiger partial charge in [0.2, 0.25) is 6.79 Å². The molecule has 5 rings (SSSR count). The third-order valence-electron chi connectivity index (χ3n) is 5.31. The lowest BCUT2D eigenvalue weighted by molar-refractivity contribution is -0.132. The van der Waals surface area contributed by atoms with Crippen LogP contribution in [-0.2, 0) is 9.59 Å². The third kappa shape index (κ3) is 3.21. The van der Waals surface area contributed by atoms with Crippen LogP contribution < -0.4 is 14.4 Å². The van der Waals surface area contributed by atoms with Crippen LogP contribution in [0.2, 0.25) is 5.02 Å². The van der Waals surface area contributed by atoms with Gasteiger partial charge in [-0.3, -0.25) is 14.5 Å². The molecule has 0 aliphatic carbocycles. The van der Waals surface area contributed by atoms with Crippen molar-refractivity contribution >= 4 is 34.7 Å². The molecule has 0 spiro atoms. The van der Waals surface area contributed by atoms with E-state index in [1.54, 1.807) is 66.7 Å². The fourth-order valence-corrected chi connectivity index (χ4v) is 3.97. The number of benzene rings is 3. The summed E-state index contributed by atoms with van der Waals surface area (Å²) in [5.41, 5.74) is 1.55. The van der Waals surface area contributed by atoms with E-state index in [9.17, 15) is 14.7 Å². The van der Waals surface area contributed by atoms with Gasteiger partial charge in [-0.05, 0) is 48.0 Å². The molecule has 3 aromatic carbocycles. The van der Waals surface area contributed by atoms with Crippen molar-refractivity contribution < 1.29 is 24.2 Å². The van der Waals surface area contributed by atoms with Crippen LogP contribution in [0.1, 0.15) is 17.2 Å². The number of nitrogens with zero attached hydrogens (tertiary/aromatic N) is 1. The van der Waals surface area contributed by atoms with Crippen molar-refractivity contribution in [2.45, 2.75) is 6.04 Å². The van der Waals surface area contributed by atoms with Gasteiger partial charge in [0.05, 0.1) is 11.6 Å². The standard InChI is InChI=1S/C24H16ClNO5/c25-16-9-6-14(7-10-16)21-20(22(27)15-8-11-18-19(12-15)31-13-30-18)23(28)24(29)26(21)17-4-2-1-3-5-17/h1-12,21,27H,13H2/b22-20-.